The SMILES string of the molecule is Cn1ccnc1CSc1nnnn1-c1ccccc1. The Bertz CT molecular complexity index is 660. The maximum Gasteiger partial charge on any atom is 0.214 e. The van der Waals surface area contributed by atoms with Crippen LogP contribution in [0.1, 0.15) is 5.82 Å². The van der Waals surface area contributed by atoms with Crippen LogP contribution in [0.15, 0.2) is 47.9 Å². The van der Waals surface area contributed by atoms with Crippen LogP contribution in [0.5, 0.6) is 0 Å². The number of aromatic nitrogens is 6. The topological polar surface area (TPSA) is 61.4 Å². The zero-order chi connectivity index (χ0) is 13.1. The lowest BCUT2D eigenvalue weighted by Gasteiger charge is -2.04. The molecule has 0 aliphatic rings. The number of rotatable bonds is 4. The number of imidazole rings is 1. The zero-order valence-corrected chi connectivity index (χ0v) is 11.2. The third-order valence-electron chi connectivity index (χ3n) is 2.69. The Hall–Kier alpha value is -2.15. The number of para-hydroxylation sites is 1. The molecule has 0 N–H and O–H groups in total. The Labute approximate surface area is 114 Å². The quantitative estimate of drug-likeness (QED) is 0.676. The van der Waals surface area contributed by atoms with E-state index in [0.717, 1.165) is 22.4 Å². The molecule has 7 heteroatoms. The van der Waals surface area contributed by atoms with Gasteiger partial charge in [-0.25, -0.2) is 4.98 Å². The molecule has 2 heterocycles. The van der Waals surface area contributed by atoms with E-state index in [9.17, 15) is 0 Å². The minimum atomic E-state index is 0.733. The van der Waals surface area contributed by atoms with Crippen LogP contribution in [0, 0.1) is 0 Å². The number of hydrogen-bond donors (Lipinski definition) is 0. The Morgan fingerprint density at radius 2 is 2.05 bits per heavy atom. The largest absolute Gasteiger partial charge is 0.337 e. The third kappa shape index (κ3) is 2.50. The third-order valence-corrected chi connectivity index (χ3v) is 3.61. The molecule has 0 fully saturated rings. The lowest BCUT2D eigenvalue weighted by Crippen LogP contribution is -2.00. The van der Waals surface area contributed by atoms with E-state index in [1.807, 2.05) is 48.1 Å². The predicted molar refractivity (Wildman–Crippen MR) is 71.9 cm³/mol. The van der Waals surface area contributed by atoms with E-state index in [-0.39, 0.29) is 0 Å². The first kappa shape index (κ1) is 11.9. The van der Waals surface area contributed by atoms with Crippen molar-refractivity contribution in [2.45, 2.75) is 10.9 Å². The summed E-state index contributed by atoms with van der Waals surface area (Å²) in [6, 6.07) is 9.84. The van der Waals surface area contributed by atoms with Crippen molar-refractivity contribution in [2.24, 2.45) is 7.05 Å². The molecule has 0 saturated carbocycles. The number of nitrogens with zero attached hydrogens (tertiary/aromatic N) is 6. The second-order valence-electron chi connectivity index (χ2n) is 3.95. The molecule has 0 amide bonds. The molecule has 19 heavy (non-hydrogen) atoms. The highest BCUT2D eigenvalue weighted by Crippen LogP contribution is 2.21. The number of thioether (sulfide) groups is 1. The fourth-order valence-electron chi connectivity index (χ4n) is 1.66. The summed E-state index contributed by atoms with van der Waals surface area (Å²) in [6.07, 6.45) is 3.71. The van der Waals surface area contributed by atoms with Crippen LogP contribution < -0.4 is 0 Å². The van der Waals surface area contributed by atoms with Crippen LogP contribution >= 0.6 is 11.8 Å². The number of benzene rings is 1. The smallest absolute Gasteiger partial charge is 0.214 e. The molecule has 0 saturated heterocycles. The first-order chi connectivity index (χ1) is 9.34. The summed E-state index contributed by atoms with van der Waals surface area (Å²) in [7, 11) is 1.98. The molecule has 0 aliphatic carbocycles. The molecule has 96 valence electrons. The van der Waals surface area contributed by atoms with Crippen LogP contribution in [-0.2, 0) is 12.8 Å². The van der Waals surface area contributed by atoms with Crippen LogP contribution in [0.4, 0.5) is 0 Å². The van der Waals surface area contributed by atoms with Crippen molar-refractivity contribution < 1.29 is 0 Å². The highest BCUT2D eigenvalue weighted by molar-refractivity contribution is 7.98. The van der Waals surface area contributed by atoms with Crippen molar-refractivity contribution in [3.63, 3.8) is 0 Å². The monoisotopic (exact) mass is 272 g/mol. The summed E-state index contributed by atoms with van der Waals surface area (Å²) < 4.78 is 3.72. The fourth-order valence-corrected chi connectivity index (χ4v) is 2.56. The lowest BCUT2D eigenvalue weighted by atomic mass is 10.3. The second kappa shape index (κ2) is 5.23. The van der Waals surface area contributed by atoms with E-state index >= 15 is 0 Å². The fraction of sp³-hybridized carbons (Fsp3) is 0.167. The summed E-state index contributed by atoms with van der Waals surface area (Å²) in [5.74, 6) is 1.73. The lowest BCUT2D eigenvalue weighted by molar-refractivity contribution is 0.755. The molecule has 2 aromatic heterocycles. The van der Waals surface area contributed by atoms with Crippen molar-refractivity contribution in [1.82, 2.24) is 29.8 Å². The maximum absolute atomic E-state index is 4.28. The van der Waals surface area contributed by atoms with Gasteiger partial charge in [0, 0.05) is 19.4 Å². The molecule has 6 nitrogen and oxygen atoms in total. The van der Waals surface area contributed by atoms with Gasteiger partial charge in [-0.05, 0) is 22.6 Å². The molecule has 0 aliphatic heterocycles. The molecule has 1 aromatic carbocycles. The second-order valence-corrected chi connectivity index (χ2v) is 4.89. The first-order valence-electron chi connectivity index (χ1n) is 5.77. The van der Waals surface area contributed by atoms with Gasteiger partial charge in [0.25, 0.3) is 0 Å². The molecular formula is C12H12N6S. The summed E-state index contributed by atoms with van der Waals surface area (Å²) in [4.78, 5) is 4.28. The van der Waals surface area contributed by atoms with Gasteiger partial charge in [-0.15, -0.1) is 5.10 Å². The highest BCUT2D eigenvalue weighted by Gasteiger charge is 2.10. The molecule has 0 spiro atoms. The van der Waals surface area contributed by atoms with Gasteiger partial charge >= 0.3 is 0 Å². The van der Waals surface area contributed by atoms with Gasteiger partial charge in [0.15, 0.2) is 0 Å². The summed E-state index contributed by atoms with van der Waals surface area (Å²) >= 11 is 1.56. The average molecular weight is 272 g/mol. The average Bonchev–Trinajstić information content (AvgIpc) is 3.06. The number of tetrazole rings is 1. The summed E-state index contributed by atoms with van der Waals surface area (Å²) in [5, 5.41) is 12.6. The van der Waals surface area contributed by atoms with Gasteiger partial charge in [0.2, 0.25) is 5.16 Å². The Balaban J connectivity index is 1.80. The molecule has 3 aromatic rings. The van der Waals surface area contributed by atoms with E-state index < -0.39 is 0 Å². The minimum absolute atomic E-state index is 0.733. The Morgan fingerprint density at radius 3 is 2.79 bits per heavy atom. The van der Waals surface area contributed by atoms with E-state index in [2.05, 4.69) is 20.5 Å². The maximum atomic E-state index is 4.28. The molecule has 0 bridgehead atoms. The molecule has 0 radical (unpaired) electrons. The summed E-state index contributed by atoms with van der Waals surface area (Å²) in [5.41, 5.74) is 0.954. The van der Waals surface area contributed by atoms with Gasteiger partial charge < -0.3 is 4.57 Å². The molecule has 3 rings (SSSR count). The van der Waals surface area contributed by atoms with Crippen LogP contribution in [0.2, 0.25) is 0 Å². The van der Waals surface area contributed by atoms with Crippen LogP contribution in [0.3, 0.4) is 0 Å². The van der Waals surface area contributed by atoms with Gasteiger partial charge in [-0.2, -0.15) is 4.68 Å². The standard InChI is InChI=1S/C12H12N6S/c1-17-8-7-13-11(17)9-19-12-14-15-16-18(12)10-5-3-2-4-6-10/h2-8H,9H2,1H3. The minimum Gasteiger partial charge on any atom is -0.337 e. The van der Waals surface area contributed by atoms with Gasteiger partial charge in [-0.3, -0.25) is 0 Å². The van der Waals surface area contributed by atoms with Crippen molar-refractivity contribution in [1.29, 1.82) is 0 Å². The first-order valence-corrected chi connectivity index (χ1v) is 6.76. The van der Waals surface area contributed by atoms with Crippen LogP contribution in [-0.4, -0.2) is 29.8 Å². The number of hydrogen-bond acceptors (Lipinski definition) is 5. The van der Waals surface area contributed by atoms with Crippen molar-refractivity contribution >= 4 is 11.8 Å². The van der Waals surface area contributed by atoms with Gasteiger partial charge in [0.05, 0.1) is 11.4 Å². The van der Waals surface area contributed by atoms with Gasteiger partial charge in [0.1, 0.15) is 5.82 Å². The highest BCUT2D eigenvalue weighted by atomic mass is 32.2. The zero-order valence-electron chi connectivity index (χ0n) is 10.3. The Morgan fingerprint density at radius 1 is 1.21 bits per heavy atom. The molecular weight excluding hydrogens is 260 g/mol. The van der Waals surface area contributed by atoms with Crippen molar-refractivity contribution in [3.05, 3.63) is 48.5 Å². The van der Waals surface area contributed by atoms with E-state index in [1.54, 1.807) is 22.6 Å². The molecule has 0 atom stereocenters. The molecule has 0 unspecified atom stereocenters. The van der Waals surface area contributed by atoms with Gasteiger partial charge in [-0.1, -0.05) is 30.0 Å². The van der Waals surface area contributed by atoms with Crippen molar-refractivity contribution in [2.75, 3.05) is 0 Å². The van der Waals surface area contributed by atoms with E-state index in [1.165, 1.54) is 0 Å². The van der Waals surface area contributed by atoms with Crippen molar-refractivity contribution in [3.8, 4) is 5.69 Å². The normalized spacial score (nSPS) is 10.8. The van der Waals surface area contributed by atoms with E-state index in [0.29, 0.717) is 0 Å². The van der Waals surface area contributed by atoms with Crippen LogP contribution in [0.25, 0.3) is 5.69 Å². The van der Waals surface area contributed by atoms with E-state index in [4.69, 9.17) is 0 Å². The summed E-state index contributed by atoms with van der Waals surface area (Å²) in [6.45, 7) is 0. The number of aryl methyl sites for hydroxylation is 1. The predicted octanol–water partition coefficient (Wildman–Crippen LogP) is 1.69. The Kier molecular flexibility index (Phi) is 3.28.